The first kappa shape index (κ1) is 63.6. The number of aliphatic hydroxyl groups excluding tert-OH is 7. The number of nitrogens with one attached hydrogen (secondary N) is 1. The largest absolute Gasteiger partial charge is 0.394 e. The third kappa shape index (κ3) is 34.5. The van der Waals surface area contributed by atoms with Gasteiger partial charge in [0.1, 0.15) is 36.6 Å². The van der Waals surface area contributed by atoms with Gasteiger partial charge in [0.15, 0.2) is 6.29 Å². The lowest BCUT2D eigenvalue weighted by Crippen LogP contribution is -2.60. The van der Waals surface area contributed by atoms with E-state index in [0.29, 0.717) is 12.8 Å². The normalized spacial score (nSPS) is 20.8. The van der Waals surface area contributed by atoms with Crippen molar-refractivity contribution in [3.8, 4) is 0 Å². The van der Waals surface area contributed by atoms with Crippen LogP contribution in [0.25, 0.3) is 0 Å². The maximum atomic E-state index is 13.0. The molecule has 0 radical (unpaired) electrons. The van der Waals surface area contributed by atoms with Crippen molar-refractivity contribution in [1.29, 1.82) is 0 Å². The first-order valence-corrected chi connectivity index (χ1v) is 28.2. The lowest BCUT2D eigenvalue weighted by molar-refractivity contribution is -0.303. The lowest BCUT2D eigenvalue weighted by Gasteiger charge is -2.40. The first-order valence-electron chi connectivity index (χ1n) is 28.2. The summed E-state index contributed by atoms with van der Waals surface area (Å²) in [5.41, 5.74) is 0. The van der Waals surface area contributed by atoms with Crippen LogP contribution in [0.4, 0.5) is 0 Å². The van der Waals surface area contributed by atoms with E-state index in [0.717, 1.165) is 44.9 Å². The molecule has 11 nitrogen and oxygen atoms in total. The minimum atomic E-state index is -1.67. The Morgan fingerprint density at radius 2 is 0.896 bits per heavy atom. The summed E-state index contributed by atoms with van der Waals surface area (Å²) in [5.74, 6) is -0.720. The Labute approximate surface area is 410 Å². The molecule has 9 atom stereocenters. The molecule has 9 unspecified atom stereocenters. The molecule has 1 aliphatic rings. The number of carbonyl (C=O) groups excluding carboxylic acids is 1. The predicted octanol–water partition coefficient (Wildman–Crippen LogP) is 11.3. The van der Waals surface area contributed by atoms with Crippen molar-refractivity contribution in [3.05, 3.63) is 24.3 Å². The fraction of sp³-hybridized carbons (Fsp3) is 0.911. The highest BCUT2D eigenvalue weighted by Gasteiger charge is 2.44. The van der Waals surface area contributed by atoms with Gasteiger partial charge in [0.2, 0.25) is 5.91 Å². The molecule has 8 N–H and O–H groups in total. The van der Waals surface area contributed by atoms with Gasteiger partial charge >= 0.3 is 0 Å². The van der Waals surface area contributed by atoms with Gasteiger partial charge in [-0.3, -0.25) is 4.79 Å². The minimum absolute atomic E-state index is 0.232. The Bertz CT molecular complexity index is 1140. The van der Waals surface area contributed by atoms with Crippen molar-refractivity contribution < 1.29 is 50.0 Å². The van der Waals surface area contributed by atoms with Crippen LogP contribution < -0.4 is 5.32 Å². The van der Waals surface area contributed by atoms with Crippen LogP contribution in [-0.4, -0.2) is 110 Å². The monoisotopic (exact) mass is 954 g/mol. The number of hydrogen-bond acceptors (Lipinski definition) is 10. The van der Waals surface area contributed by atoms with E-state index in [4.69, 9.17) is 9.47 Å². The predicted molar refractivity (Wildman–Crippen MR) is 275 cm³/mol. The van der Waals surface area contributed by atoms with Crippen LogP contribution in [0.3, 0.4) is 0 Å². The van der Waals surface area contributed by atoms with Crippen LogP contribution in [0.2, 0.25) is 0 Å². The molecule has 0 aromatic carbocycles. The number of hydrogen-bond donors (Lipinski definition) is 8. The molecule has 0 saturated carbocycles. The number of allylic oxidation sites excluding steroid dienone is 4. The van der Waals surface area contributed by atoms with E-state index >= 15 is 0 Å². The number of aliphatic hydroxyl groups is 7. The molecule has 1 amide bonds. The molecule has 0 aliphatic carbocycles. The Hall–Kier alpha value is -1.41. The molecular formula is C56H107NO10. The van der Waals surface area contributed by atoms with Crippen LogP contribution in [0.1, 0.15) is 258 Å². The SMILES string of the molecule is CCCC/C=C\CCCCCC(O)C(=O)NC(COC1OC(CO)C(O)C(O)C1O)C(O)C(O)CCC/C=C/CCCCCCCCCCCCCCCCCCCCCCCCCCCC. The van der Waals surface area contributed by atoms with E-state index in [9.17, 15) is 40.5 Å². The van der Waals surface area contributed by atoms with Crippen molar-refractivity contribution in [2.24, 2.45) is 0 Å². The van der Waals surface area contributed by atoms with E-state index in [1.54, 1.807) is 0 Å². The van der Waals surface area contributed by atoms with Crippen molar-refractivity contribution in [1.82, 2.24) is 5.32 Å². The summed E-state index contributed by atoms with van der Waals surface area (Å²) in [5, 5.41) is 75.7. The molecule has 0 bridgehead atoms. The van der Waals surface area contributed by atoms with Gasteiger partial charge in [-0.1, -0.05) is 224 Å². The maximum absolute atomic E-state index is 13.0. The standard InChI is InChI=1S/C56H107NO10/c1-3-5-7-9-11-13-14-15-16-17-18-19-20-21-22-23-24-25-26-27-28-29-30-31-32-33-34-36-37-39-41-43-48(59)51(61)47(46-66-56-54(64)53(63)52(62)50(45-58)67-56)57-55(65)49(60)44-42-40-38-35-12-10-8-6-4-2/h10,12,36-37,47-54,56,58-64H,3-9,11,13-35,38-46H2,1-2H3,(H,57,65)/b12-10-,37-36+. The average Bonchev–Trinajstić information content (AvgIpc) is 3.33. The summed E-state index contributed by atoms with van der Waals surface area (Å²) in [6, 6.07) is -1.19. The third-order valence-corrected chi connectivity index (χ3v) is 13.7. The number of rotatable bonds is 48. The molecular weight excluding hydrogens is 847 g/mol. The van der Waals surface area contributed by atoms with Crippen LogP contribution in [0, 0.1) is 0 Å². The highest BCUT2D eigenvalue weighted by Crippen LogP contribution is 2.23. The second-order valence-electron chi connectivity index (χ2n) is 20.0. The van der Waals surface area contributed by atoms with E-state index in [-0.39, 0.29) is 12.8 Å². The van der Waals surface area contributed by atoms with Crippen LogP contribution >= 0.6 is 0 Å². The molecule has 1 rings (SSSR count). The van der Waals surface area contributed by atoms with Gasteiger partial charge in [-0.05, 0) is 57.8 Å². The first-order chi connectivity index (χ1) is 32.7. The molecule has 1 aliphatic heterocycles. The van der Waals surface area contributed by atoms with Gasteiger partial charge in [0.25, 0.3) is 0 Å². The second-order valence-corrected chi connectivity index (χ2v) is 20.0. The van der Waals surface area contributed by atoms with Crippen molar-refractivity contribution >= 4 is 5.91 Å². The van der Waals surface area contributed by atoms with Gasteiger partial charge in [-0.15, -0.1) is 0 Å². The molecule has 0 aromatic rings. The van der Waals surface area contributed by atoms with Crippen molar-refractivity contribution in [2.45, 2.75) is 313 Å². The zero-order chi connectivity index (χ0) is 49.0. The summed E-state index contributed by atoms with van der Waals surface area (Å²) in [4.78, 5) is 13.0. The summed E-state index contributed by atoms with van der Waals surface area (Å²) in [7, 11) is 0. The number of amides is 1. The fourth-order valence-electron chi connectivity index (χ4n) is 9.07. The molecule has 1 saturated heterocycles. The molecule has 1 heterocycles. The maximum Gasteiger partial charge on any atom is 0.249 e. The quantitative estimate of drug-likeness (QED) is 0.0215. The van der Waals surface area contributed by atoms with E-state index < -0.39 is 74.2 Å². The summed E-state index contributed by atoms with van der Waals surface area (Å²) < 4.78 is 11.1. The lowest BCUT2D eigenvalue weighted by atomic mass is 9.98. The summed E-state index contributed by atoms with van der Waals surface area (Å²) in [6.45, 7) is 3.38. The van der Waals surface area contributed by atoms with Gasteiger partial charge in [-0.2, -0.15) is 0 Å². The summed E-state index contributed by atoms with van der Waals surface area (Å²) in [6.07, 6.45) is 42.9. The highest BCUT2D eigenvalue weighted by molar-refractivity contribution is 5.80. The van der Waals surface area contributed by atoms with Gasteiger partial charge in [0.05, 0.1) is 25.4 Å². The average molecular weight is 954 g/mol. The molecule has 11 heteroatoms. The fourth-order valence-corrected chi connectivity index (χ4v) is 9.07. The van der Waals surface area contributed by atoms with Crippen molar-refractivity contribution in [3.63, 3.8) is 0 Å². The van der Waals surface area contributed by atoms with Crippen LogP contribution in [-0.2, 0) is 14.3 Å². The number of unbranched alkanes of at least 4 members (excludes halogenated alkanes) is 32. The highest BCUT2D eigenvalue weighted by atomic mass is 16.7. The van der Waals surface area contributed by atoms with Crippen LogP contribution in [0.15, 0.2) is 24.3 Å². The zero-order valence-corrected chi connectivity index (χ0v) is 43.1. The Morgan fingerprint density at radius 1 is 0.507 bits per heavy atom. The molecule has 0 spiro atoms. The van der Waals surface area contributed by atoms with Gasteiger partial charge in [0, 0.05) is 0 Å². The van der Waals surface area contributed by atoms with Crippen LogP contribution in [0.5, 0.6) is 0 Å². The second kappa shape index (κ2) is 45.7. The Balaban J connectivity index is 2.20. The van der Waals surface area contributed by atoms with E-state index in [2.05, 4.69) is 43.5 Å². The third-order valence-electron chi connectivity index (χ3n) is 13.7. The van der Waals surface area contributed by atoms with Crippen molar-refractivity contribution in [2.75, 3.05) is 13.2 Å². The van der Waals surface area contributed by atoms with E-state index in [1.807, 2.05) is 0 Å². The molecule has 67 heavy (non-hydrogen) atoms. The Morgan fingerprint density at radius 3 is 1.33 bits per heavy atom. The molecule has 0 aromatic heterocycles. The number of ether oxygens (including phenoxy) is 2. The topological polar surface area (TPSA) is 189 Å². The summed E-state index contributed by atoms with van der Waals surface area (Å²) >= 11 is 0. The minimum Gasteiger partial charge on any atom is -0.394 e. The number of carbonyl (C=O) groups is 1. The van der Waals surface area contributed by atoms with Gasteiger partial charge < -0.3 is 50.5 Å². The van der Waals surface area contributed by atoms with Gasteiger partial charge in [-0.25, -0.2) is 0 Å². The Kier molecular flexibility index (Phi) is 43.4. The smallest absolute Gasteiger partial charge is 0.249 e. The zero-order valence-electron chi connectivity index (χ0n) is 43.1. The van der Waals surface area contributed by atoms with E-state index in [1.165, 1.54) is 173 Å². The molecule has 396 valence electrons. The molecule has 1 fully saturated rings.